The number of rotatable bonds is 7. The molecule has 3 nitrogen and oxygen atoms in total. The van der Waals surface area contributed by atoms with Crippen LogP contribution >= 0.6 is 0 Å². The lowest BCUT2D eigenvalue weighted by molar-refractivity contribution is 0.156. The Morgan fingerprint density at radius 2 is 2.24 bits per heavy atom. The third kappa shape index (κ3) is 4.75. The average Bonchev–Trinajstić information content (AvgIpc) is 2.56. The number of furan rings is 1. The van der Waals surface area contributed by atoms with Crippen molar-refractivity contribution in [1.82, 2.24) is 5.32 Å². The van der Waals surface area contributed by atoms with Gasteiger partial charge in [0.15, 0.2) is 0 Å². The third-order valence-electron chi connectivity index (χ3n) is 2.59. The van der Waals surface area contributed by atoms with Crippen molar-refractivity contribution < 1.29 is 9.15 Å². The first kappa shape index (κ1) is 14.0. The summed E-state index contributed by atoms with van der Waals surface area (Å²) in [6.07, 6.45) is 0. The lowest BCUT2D eigenvalue weighted by Gasteiger charge is -2.13. The number of hydrogen-bond acceptors (Lipinski definition) is 3. The van der Waals surface area contributed by atoms with Gasteiger partial charge >= 0.3 is 0 Å². The molecule has 1 aromatic rings. The predicted molar refractivity (Wildman–Crippen MR) is 70.2 cm³/mol. The second-order valence-electron chi connectivity index (χ2n) is 4.55. The van der Waals surface area contributed by atoms with Crippen LogP contribution in [0.3, 0.4) is 0 Å². The SMILES string of the molecule is C=C(C)COCCNC(C)c1cc(C)oc1C. The van der Waals surface area contributed by atoms with E-state index in [9.17, 15) is 0 Å². The highest BCUT2D eigenvalue weighted by Crippen LogP contribution is 2.20. The van der Waals surface area contributed by atoms with Gasteiger partial charge in [0.1, 0.15) is 11.5 Å². The Kier molecular flexibility index (Phi) is 5.45. The van der Waals surface area contributed by atoms with Gasteiger partial charge in [-0.3, -0.25) is 0 Å². The van der Waals surface area contributed by atoms with Crippen molar-refractivity contribution in [1.29, 1.82) is 0 Å². The topological polar surface area (TPSA) is 34.4 Å². The van der Waals surface area contributed by atoms with Crippen LogP contribution in [0.5, 0.6) is 0 Å². The van der Waals surface area contributed by atoms with Crippen LogP contribution in [-0.4, -0.2) is 19.8 Å². The molecular formula is C14H23NO2. The van der Waals surface area contributed by atoms with Crippen molar-refractivity contribution in [3.05, 3.63) is 35.3 Å². The van der Waals surface area contributed by atoms with Gasteiger partial charge in [0.05, 0.1) is 13.2 Å². The van der Waals surface area contributed by atoms with Crippen LogP contribution in [0.4, 0.5) is 0 Å². The van der Waals surface area contributed by atoms with Gasteiger partial charge in [0.2, 0.25) is 0 Å². The summed E-state index contributed by atoms with van der Waals surface area (Å²) >= 11 is 0. The molecular weight excluding hydrogens is 214 g/mol. The molecule has 1 rings (SSSR count). The van der Waals surface area contributed by atoms with Gasteiger partial charge in [0, 0.05) is 18.2 Å². The van der Waals surface area contributed by atoms with Gasteiger partial charge in [0.25, 0.3) is 0 Å². The highest BCUT2D eigenvalue weighted by molar-refractivity contribution is 5.23. The Labute approximate surface area is 104 Å². The van der Waals surface area contributed by atoms with E-state index in [0.717, 1.165) is 23.6 Å². The van der Waals surface area contributed by atoms with Crippen LogP contribution < -0.4 is 5.32 Å². The predicted octanol–water partition coefficient (Wildman–Crippen LogP) is 3.14. The molecule has 0 bridgehead atoms. The minimum Gasteiger partial charge on any atom is -0.466 e. The summed E-state index contributed by atoms with van der Waals surface area (Å²) < 4.78 is 10.9. The van der Waals surface area contributed by atoms with Gasteiger partial charge in [-0.05, 0) is 33.8 Å². The summed E-state index contributed by atoms with van der Waals surface area (Å²) in [5.74, 6) is 1.95. The Hall–Kier alpha value is -1.06. The molecule has 1 aromatic heterocycles. The molecule has 0 spiro atoms. The molecule has 0 aromatic carbocycles. The third-order valence-corrected chi connectivity index (χ3v) is 2.59. The normalized spacial score (nSPS) is 12.7. The molecule has 0 aliphatic rings. The van der Waals surface area contributed by atoms with Crippen molar-refractivity contribution in [3.63, 3.8) is 0 Å². The summed E-state index contributed by atoms with van der Waals surface area (Å²) in [6, 6.07) is 2.38. The molecule has 17 heavy (non-hydrogen) atoms. The molecule has 0 radical (unpaired) electrons. The molecule has 0 amide bonds. The number of nitrogens with one attached hydrogen (secondary N) is 1. The molecule has 0 saturated carbocycles. The van der Waals surface area contributed by atoms with Gasteiger partial charge in [-0.1, -0.05) is 12.2 Å². The van der Waals surface area contributed by atoms with E-state index in [0.29, 0.717) is 19.3 Å². The quantitative estimate of drug-likeness (QED) is 0.584. The maximum Gasteiger partial charge on any atom is 0.105 e. The van der Waals surface area contributed by atoms with E-state index in [-0.39, 0.29) is 0 Å². The average molecular weight is 237 g/mol. The molecule has 96 valence electrons. The lowest BCUT2D eigenvalue weighted by Crippen LogP contribution is -2.23. The minimum absolute atomic E-state index is 0.292. The Morgan fingerprint density at radius 1 is 1.53 bits per heavy atom. The fourth-order valence-corrected chi connectivity index (χ4v) is 1.78. The van der Waals surface area contributed by atoms with E-state index in [1.165, 1.54) is 5.56 Å². The van der Waals surface area contributed by atoms with Crippen LogP contribution in [0.2, 0.25) is 0 Å². The maximum atomic E-state index is 5.51. The standard InChI is InChI=1S/C14H23NO2/c1-10(2)9-16-7-6-15-12(4)14-8-11(3)17-13(14)5/h8,12,15H,1,6-7,9H2,2-5H3. The summed E-state index contributed by atoms with van der Waals surface area (Å²) in [5, 5.41) is 3.41. The van der Waals surface area contributed by atoms with Crippen molar-refractivity contribution in [2.45, 2.75) is 33.7 Å². The molecule has 0 aliphatic carbocycles. The summed E-state index contributed by atoms with van der Waals surface area (Å²) in [4.78, 5) is 0. The van der Waals surface area contributed by atoms with Crippen molar-refractivity contribution in [2.75, 3.05) is 19.8 Å². The number of hydrogen-bond donors (Lipinski definition) is 1. The van der Waals surface area contributed by atoms with Crippen molar-refractivity contribution >= 4 is 0 Å². The van der Waals surface area contributed by atoms with Gasteiger partial charge in [-0.25, -0.2) is 0 Å². The van der Waals surface area contributed by atoms with E-state index in [1.807, 2.05) is 20.8 Å². The highest BCUT2D eigenvalue weighted by atomic mass is 16.5. The zero-order chi connectivity index (χ0) is 12.8. The Bertz CT molecular complexity index is 368. The fourth-order valence-electron chi connectivity index (χ4n) is 1.78. The Morgan fingerprint density at radius 3 is 2.76 bits per heavy atom. The van der Waals surface area contributed by atoms with E-state index >= 15 is 0 Å². The first-order valence-electron chi connectivity index (χ1n) is 6.03. The van der Waals surface area contributed by atoms with Crippen molar-refractivity contribution in [2.24, 2.45) is 0 Å². The fraction of sp³-hybridized carbons (Fsp3) is 0.571. The molecule has 1 atom stereocenters. The first-order valence-corrected chi connectivity index (χ1v) is 6.03. The summed E-state index contributed by atoms with van der Waals surface area (Å²) in [7, 11) is 0. The Balaban J connectivity index is 2.28. The molecule has 3 heteroatoms. The van der Waals surface area contributed by atoms with Gasteiger partial charge in [-0.2, -0.15) is 0 Å². The first-order chi connectivity index (χ1) is 8.00. The van der Waals surface area contributed by atoms with Crippen LogP contribution in [-0.2, 0) is 4.74 Å². The van der Waals surface area contributed by atoms with Crippen LogP contribution in [0.15, 0.2) is 22.6 Å². The van der Waals surface area contributed by atoms with Crippen LogP contribution in [0.25, 0.3) is 0 Å². The smallest absolute Gasteiger partial charge is 0.105 e. The zero-order valence-electron chi connectivity index (χ0n) is 11.3. The van der Waals surface area contributed by atoms with E-state index in [1.54, 1.807) is 0 Å². The molecule has 1 heterocycles. The molecule has 0 fully saturated rings. The zero-order valence-corrected chi connectivity index (χ0v) is 11.3. The lowest BCUT2D eigenvalue weighted by atomic mass is 10.1. The number of ether oxygens (including phenoxy) is 1. The monoisotopic (exact) mass is 237 g/mol. The van der Waals surface area contributed by atoms with Gasteiger partial charge < -0.3 is 14.5 Å². The largest absolute Gasteiger partial charge is 0.466 e. The molecule has 1 unspecified atom stereocenters. The highest BCUT2D eigenvalue weighted by Gasteiger charge is 2.11. The second-order valence-corrected chi connectivity index (χ2v) is 4.55. The second kappa shape index (κ2) is 6.62. The van der Waals surface area contributed by atoms with E-state index in [2.05, 4.69) is 24.9 Å². The number of aryl methyl sites for hydroxylation is 2. The van der Waals surface area contributed by atoms with Gasteiger partial charge in [-0.15, -0.1) is 0 Å². The van der Waals surface area contributed by atoms with E-state index in [4.69, 9.17) is 9.15 Å². The maximum absolute atomic E-state index is 5.51. The molecule has 1 N–H and O–H groups in total. The van der Waals surface area contributed by atoms with Crippen LogP contribution in [0, 0.1) is 13.8 Å². The molecule has 0 aliphatic heterocycles. The molecule has 0 saturated heterocycles. The van der Waals surface area contributed by atoms with Crippen molar-refractivity contribution in [3.8, 4) is 0 Å². The summed E-state index contributed by atoms with van der Waals surface area (Å²) in [6.45, 7) is 14.0. The van der Waals surface area contributed by atoms with E-state index < -0.39 is 0 Å². The minimum atomic E-state index is 0.292. The summed E-state index contributed by atoms with van der Waals surface area (Å²) in [5.41, 5.74) is 2.28. The van der Waals surface area contributed by atoms with Crippen LogP contribution in [0.1, 0.15) is 37.0 Å².